The van der Waals surface area contributed by atoms with Crippen molar-refractivity contribution in [1.82, 2.24) is 9.88 Å². The number of nitrogens with zero attached hydrogens (tertiary/aromatic N) is 2. The lowest BCUT2D eigenvalue weighted by Crippen LogP contribution is -2.38. The van der Waals surface area contributed by atoms with Crippen LogP contribution in [0.2, 0.25) is 0 Å². The van der Waals surface area contributed by atoms with E-state index in [0.717, 1.165) is 36.4 Å². The summed E-state index contributed by atoms with van der Waals surface area (Å²) in [4.78, 5) is 19.8. The first-order chi connectivity index (χ1) is 9.36. The minimum absolute atomic E-state index is 0.129. The summed E-state index contributed by atoms with van der Waals surface area (Å²) in [5, 5.41) is 1.95. The van der Waals surface area contributed by atoms with Crippen molar-refractivity contribution in [3.05, 3.63) is 52.5 Å². The van der Waals surface area contributed by atoms with Gasteiger partial charge in [0.25, 0.3) is 5.91 Å². The third-order valence-corrected chi connectivity index (χ3v) is 4.38. The molecule has 1 unspecified atom stereocenters. The SMILES string of the molecule is O=C(c1cccs1)N1CCCCC1c1ccccn1. The Hall–Kier alpha value is -1.68. The van der Waals surface area contributed by atoms with Crippen molar-refractivity contribution >= 4 is 17.2 Å². The zero-order chi connectivity index (χ0) is 13.1. The molecule has 0 spiro atoms. The van der Waals surface area contributed by atoms with Crippen LogP contribution >= 0.6 is 11.3 Å². The summed E-state index contributed by atoms with van der Waals surface area (Å²) in [5.74, 6) is 0.144. The molecule has 3 nitrogen and oxygen atoms in total. The van der Waals surface area contributed by atoms with E-state index in [1.807, 2.05) is 40.6 Å². The third-order valence-electron chi connectivity index (χ3n) is 3.52. The highest BCUT2D eigenvalue weighted by Gasteiger charge is 2.29. The van der Waals surface area contributed by atoms with Crippen LogP contribution < -0.4 is 0 Å². The van der Waals surface area contributed by atoms with Gasteiger partial charge in [0.05, 0.1) is 16.6 Å². The highest BCUT2D eigenvalue weighted by atomic mass is 32.1. The quantitative estimate of drug-likeness (QED) is 0.838. The zero-order valence-electron chi connectivity index (χ0n) is 10.7. The Bertz CT molecular complexity index is 539. The largest absolute Gasteiger partial charge is 0.329 e. The van der Waals surface area contributed by atoms with Crippen molar-refractivity contribution in [3.63, 3.8) is 0 Å². The monoisotopic (exact) mass is 272 g/mol. The molecule has 2 aromatic rings. The normalized spacial score (nSPS) is 19.4. The molecule has 1 saturated heterocycles. The molecule has 0 N–H and O–H groups in total. The number of carbonyl (C=O) groups is 1. The van der Waals surface area contributed by atoms with Gasteiger partial charge >= 0.3 is 0 Å². The number of hydrogen-bond acceptors (Lipinski definition) is 3. The molecular formula is C15H16N2OS. The number of amides is 1. The maximum absolute atomic E-state index is 12.6. The summed E-state index contributed by atoms with van der Waals surface area (Å²) >= 11 is 1.51. The van der Waals surface area contributed by atoms with Crippen molar-refractivity contribution in [1.29, 1.82) is 0 Å². The van der Waals surface area contributed by atoms with Gasteiger partial charge in [-0.2, -0.15) is 0 Å². The Balaban J connectivity index is 1.87. The standard InChI is InChI=1S/C15H16N2OS/c18-15(14-8-5-11-19-14)17-10-4-2-7-13(17)12-6-1-3-9-16-12/h1,3,5-6,8-9,11,13H,2,4,7,10H2. The van der Waals surface area contributed by atoms with Gasteiger partial charge in [0, 0.05) is 12.7 Å². The molecule has 4 heteroatoms. The van der Waals surface area contributed by atoms with Crippen molar-refractivity contribution in [2.45, 2.75) is 25.3 Å². The Labute approximate surface area is 116 Å². The van der Waals surface area contributed by atoms with Gasteiger partial charge in [-0.3, -0.25) is 9.78 Å². The van der Waals surface area contributed by atoms with Crippen LogP contribution in [0.3, 0.4) is 0 Å². The second-order valence-electron chi connectivity index (χ2n) is 4.74. The number of hydrogen-bond donors (Lipinski definition) is 0. The number of likely N-dealkylation sites (tertiary alicyclic amines) is 1. The Morgan fingerprint density at radius 1 is 1.26 bits per heavy atom. The lowest BCUT2D eigenvalue weighted by molar-refractivity contribution is 0.0611. The number of thiophene rings is 1. The summed E-state index contributed by atoms with van der Waals surface area (Å²) in [7, 11) is 0. The van der Waals surface area contributed by atoms with E-state index in [1.54, 1.807) is 6.20 Å². The first-order valence-electron chi connectivity index (χ1n) is 6.61. The van der Waals surface area contributed by atoms with Crippen molar-refractivity contribution in [2.24, 2.45) is 0 Å². The average molecular weight is 272 g/mol. The minimum atomic E-state index is 0.129. The van der Waals surface area contributed by atoms with E-state index in [0.29, 0.717) is 0 Å². The molecule has 19 heavy (non-hydrogen) atoms. The van der Waals surface area contributed by atoms with Crippen LogP contribution in [0.1, 0.15) is 40.7 Å². The topological polar surface area (TPSA) is 33.2 Å². The van der Waals surface area contributed by atoms with E-state index in [1.165, 1.54) is 11.3 Å². The minimum Gasteiger partial charge on any atom is -0.329 e. The van der Waals surface area contributed by atoms with Gasteiger partial charge in [0.15, 0.2) is 0 Å². The summed E-state index contributed by atoms with van der Waals surface area (Å²) in [5.41, 5.74) is 1.01. The fourth-order valence-electron chi connectivity index (χ4n) is 2.60. The Morgan fingerprint density at radius 2 is 2.21 bits per heavy atom. The van der Waals surface area contributed by atoms with E-state index in [9.17, 15) is 4.79 Å². The van der Waals surface area contributed by atoms with Crippen LogP contribution in [0.5, 0.6) is 0 Å². The van der Waals surface area contributed by atoms with Crippen molar-refractivity contribution in [3.8, 4) is 0 Å². The molecule has 98 valence electrons. The van der Waals surface area contributed by atoms with Gasteiger partial charge in [0.1, 0.15) is 0 Å². The Morgan fingerprint density at radius 3 is 2.95 bits per heavy atom. The lowest BCUT2D eigenvalue weighted by atomic mass is 9.98. The van der Waals surface area contributed by atoms with Crippen LogP contribution in [0.15, 0.2) is 41.9 Å². The van der Waals surface area contributed by atoms with Gasteiger partial charge < -0.3 is 4.90 Å². The van der Waals surface area contributed by atoms with Crippen LogP contribution in [0.4, 0.5) is 0 Å². The molecular weight excluding hydrogens is 256 g/mol. The van der Waals surface area contributed by atoms with E-state index < -0.39 is 0 Å². The van der Waals surface area contributed by atoms with Crippen LogP contribution in [-0.2, 0) is 0 Å². The third kappa shape index (κ3) is 2.54. The van der Waals surface area contributed by atoms with Gasteiger partial charge in [-0.25, -0.2) is 0 Å². The van der Waals surface area contributed by atoms with E-state index in [4.69, 9.17) is 0 Å². The van der Waals surface area contributed by atoms with Gasteiger partial charge in [-0.1, -0.05) is 12.1 Å². The smallest absolute Gasteiger partial charge is 0.264 e. The molecule has 2 aromatic heterocycles. The fraction of sp³-hybridized carbons (Fsp3) is 0.333. The predicted octanol–water partition coefficient (Wildman–Crippen LogP) is 3.51. The molecule has 3 heterocycles. The lowest BCUT2D eigenvalue weighted by Gasteiger charge is -2.35. The van der Waals surface area contributed by atoms with Crippen molar-refractivity contribution in [2.75, 3.05) is 6.54 Å². The van der Waals surface area contributed by atoms with Gasteiger partial charge in [-0.05, 0) is 42.8 Å². The molecule has 0 aliphatic carbocycles. The molecule has 1 aliphatic heterocycles. The molecule has 1 aliphatic rings. The Kier molecular flexibility index (Phi) is 3.60. The van der Waals surface area contributed by atoms with Crippen molar-refractivity contribution < 1.29 is 4.79 Å². The maximum atomic E-state index is 12.6. The molecule has 0 saturated carbocycles. The molecule has 1 fully saturated rings. The van der Waals surface area contributed by atoms with Crippen LogP contribution in [-0.4, -0.2) is 22.3 Å². The molecule has 0 radical (unpaired) electrons. The number of rotatable bonds is 2. The number of aromatic nitrogens is 1. The number of piperidine rings is 1. The fourth-order valence-corrected chi connectivity index (χ4v) is 3.28. The summed E-state index contributed by atoms with van der Waals surface area (Å²) in [6.45, 7) is 0.831. The summed E-state index contributed by atoms with van der Waals surface area (Å²) in [6, 6.07) is 9.88. The predicted molar refractivity (Wildman–Crippen MR) is 76.2 cm³/mol. The molecule has 3 rings (SSSR count). The number of pyridine rings is 1. The number of carbonyl (C=O) groups excluding carboxylic acids is 1. The van der Waals surface area contributed by atoms with Gasteiger partial charge in [-0.15, -0.1) is 11.3 Å². The molecule has 0 aromatic carbocycles. The molecule has 0 bridgehead atoms. The highest BCUT2D eigenvalue weighted by molar-refractivity contribution is 7.12. The molecule has 1 amide bonds. The zero-order valence-corrected chi connectivity index (χ0v) is 11.5. The van der Waals surface area contributed by atoms with E-state index >= 15 is 0 Å². The van der Waals surface area contributed by atoms with Crippen LogP contribution in [0.25, 0.3) is 0 Å². The second-order valence-corrected chi connectivity index (χ2v) is 5.69. The second kappa shape index (κ2) is 5.53. The average Bonchev–Trinajstić information content (AvgIpc) is 3.02. The highest BCUT2D eigenvalue weighted by Crippen LogP contribution is 2.31. The summed E-state index contributed by atoms with van der Waals surface area (Å²) in [6.07, 6.45) is 5.06. The first kappa shape index (κ1) is 12.4. The first-order valence-corrected chi connectivity index (χ1v) is 7.49. The van der Waals surface area contributed by atoms with Crippen LogP contribution in [0, 0.1) is 0 Å². The summed E-state index contributed by atoms with van der Waals surface area (Å²) < 4.78 is 0. The maximum Gasteiger partial charge on any atom is 0.264 e. The van der Waals surface area contributed by atoms with E-state index in [2.05, 4.69) is 4.98 Å². The van der Waals surface area contributed by atoms with E-state index in [-0.39, 0.29) is 11.9 Å². The van der Waals surface area contributed by atoms with Gasteiger partial charge in [0.2, 0.25) is 0 Å². The molecule has 1 atom stereocenters.